The third-order valence-electron chi connectivity index (χ3n) is 2.91. The Morgan fingerprint density at radius 1 is 1.50 bits per heavy atom. The van der Waals surface area contributed by atoms with Crippen LogP contribution in [0.4, 0.5) is 0 Å². The highest BCUT2D eigenvalue weighted by molar-refractivity contribution is 5.26. The average molecular weight is 163 g/mol. The van der Waals surface area contributed by atoms with E-state index in [0.29, 0.717) is 0 Å². The minimum absolute atomic E-state index is 0.0658. The highest BCUT2D eigenvalue weighted by Crippen LogP contribution is 2.44. The minimum atomic E-state index is -0.0658. The van der Waals surface area contributed by atoms with E-state index in [0.717, 1.165) is 24.5 Å². The van der Waals surface area contributed by atoms with Crippen LogP contribution >= 0.6 is 0 Å². The molecule has 2 fully saturated rings. The summed E-state index contributed by atoms with van der Waals surface area (Å²) in [6.07, 6.45) is 4.84. The van der Waals surface area contributed by atoms with Gasteiger partial charge in [-0.2, -0.15) is 5.10 Å². The Labute approximate surface area is 71.3 Å². The lowest BCUT2D eigenvalue weighted by Crippen LogP contribution is -2.18. The van der Waals surface area contributed by atoms with Gasteiger partial charge in [-0.25, -0.2) is 0 Å². The van der Waals surface area contributed by atoms with Crippen LogP contribution in [0.1, 0.15) is 43.0 Å². The normalized spacial score (nSPS) is 25.8. The topological polar surface area (TPSA) is 54.7 Å². The van der Waals surface area contributed by atoms with Crippen LogP contribution < -0.4 is 5.73 Å². The Balaban J connectivity index is 1.91. The van der Waals surface area contributed by atoms with Crippen LogP contribution in [0.15, 0.2) is 6.07 Å². The summed E-state index contributed by atoms with van der Waals surface area (Å²) in [4.78, 5) is 0. The van der Waals surface area contributed by atoms with Crippen molar-refractivity contribution in [2.24, 2.45) is 5.73 Å². The summed E-state index contributed by atoms with van der Waals surface area (Å²) in [5.41, 5.74) is 8.32. The SMILES string of the molecule is NC1(c2cc(C3CC3)[nH]n2)CC1. The number of H-pyrrole nitrogens is 1. The molecule has 0 aromatic carbocycles. The van der Waals surface area contributed by atoms with E-state index in [-0.39, 0.29) is 5.54 Å². The summed E-state index contributed by atoms with van der Waals surface area (Å²) in [7, 11) is 0. The van der Waals surface area contributed by atoms with Crippen molar-refractivity contribution in [2.45, 2.75) is 37.1 Å². The van der Waals surface area contributed by atoms with Gasteiger partial charge < -0.3 is 5.73 Å². The maximum Gasteiger partial charge on any atom is 0.0823 e. The number of nitrogens with two attached hydrogens (primary N) is 1. The predicted molar refractivity (Wildman–Crippen MR) is 45.7 cm³/mol. The second-order valence-corrected chi connectivity index (χ2v) is 4.14. The molecule has 0 bridgehead atoms. The first-order chi connectivity index (χ1) is 5.78. The predicted octanol–water partition coefficient (Wildman–Crippen LogP) is 1.23. The van der Waals surface area contributed by atoms with Crippen molar-refractivity contribution < 1.29 is 0 Å². The molecule has 1 aromatic rings. The van der Waals surface area contributed by atoms with E-state index >= 15 is 0 Å². The van der Waals surface area contributed by atoms with Crippen LogP contribution in [-0.2, 0) is 5.54 Å². The van der Waals surface area contributed by atoms with E-state index in [1.807, 2.05) is 0 Å². The highest BCUT2D eigenvalue weighted by Gasteiger charge is 2.42. The third-order valence-corrected chi connectivity index (χ3v) is 2.91. The molecule has 64 valence electrons. The van der Waals surface area contributed by atoms with Crippen LogP contribution in [0.25, 0.3) is 0 Å². The first-order valence-electron chi connectivity index (χ1n) is 4.63. The number of aromatic amines is 1. The molecule has 12 heavy (non-hydrogen) atoms. The minimum Gasteiger partial charge on any atom is -0.320 e. The van der Waals surface area contributed by atoms with Gasteiger partial charge in [-0.3, -0.25) is 5.10 Å². The summed E-state index contributed by atoms with van der Waals surface area (Å²) < 4.78 is 0. The molecule has 3 heteroatoms. The molecule has 0 unspecified atom stereocenters. The standard InChI is InChI=1S/C9H13N3/c10-9(3-4-9)8-5-7(11-12-8)6-1-2-6/h5-6H,1-4,10H2,(H,11,12). The van der Waals surface area contributed by atoms with Gasteiger partial charge in [-0.15, -0.1) is 0 Å². The summed E-state index contributed by atoms with van der Waals surface area (Å²) >= 11 is 0. The quantitative estimate of drug-likeness (QED) is 0.689. The Morgan fingerprint density at radius 2 is 2.25 bits per heavy atom. The number of hydrogen-bond acceptors (Lipinski definition) is 2. The third kappa shape index (κ3) is 0.894. The lowest BCUT2D eigenvalue weighted by atomic mass is 10.1. The van der Waals surface area contributed by atoms with Crippen molar-refractivity contribution in [1.29, 1.82) is 0 Å². The van der Waals surface area contributed by atoms with Crippen molar-refractivity contribution in [3.63, 3.8) is 0 Å². The molecular formula is C9H13N3. The zero-order valence-electron chi connectivity index (χ0n) is 7.01. The second-order valence-electron chi connectivity index (χ2n) is 4.14. The number of hydrogen-bond donors (Lipinski definition) is 2. The van der Waals surface area contributed by atoms with Crippen LogP contribution in [-0.4, -0.2) is 10.2 Å². The molecule has 1 aromatic heterocycles. The van der Waals surface area contributed by atoms with Crippen molar-refractivity contribution in [2.75, 3.05) is 0 Å². The maximum atomic E-state index is 6.02. The molecule has 2 saturated carbocycles. The van der Waals surface area contributed by atoms with Gasteiger partial charge >= 0.3 is 0 Å². The molecule has 0 saturated heterocycles. The fourth-order valence-corrected chi connectivity index (χ4v) is 1.59. The van der Waals surface area contributed by atoms with Gasteiger partial charge in [0.05, 0.1) is 11.2 Å². The summed E-state index contributed by atoms with van der Waals surface area (Å²) in [5, 5.41) is 7.35. The molecular weight excluding hydrogens is 150 g/mol. The zero-order valence-corrected chi connectivity index (χ0v) is 7.01. The number of nitrogens with one attached hydrogen (secondary N) is 1. The molecule has 0 amide bonds. The van der Waals surface area contributed by atoms with Crippen LogP contribution in [0, 0.1) is 0 Å². The molecule has 0 aliphatic heterocycles. The van der Waals surface area contributed by atoms with Gasteiger partial charge in [0.25, 0.3) is 0 Å². The van der Waals surface area contributed by atoms with E-state index in [1.54, 1.807) is 0 Å². The van der Waals surface area contributed by atoms with Crippen molar-refractivity contribution in [1.82, 2.24) is 10.2 Å². The van der Waals surface area contributed by atoms with Gasteiger partial charge in [-0.05, 0) is 31.7 Å². The molecule has 0 radical (unpaired) electrons. The smallest absolute Gasteiger partial charge is 0.0823 e. The Hall–Kier alpha value is -0.830. The van der Waals surface area contributed by atoms with Crippen molar-refractivity contribution >= 4 is 0 Å². The second kappa shape index (κ2) is 1.91. The summed E-state index contributed by atoms with van der Waals surface area (Å²) in [6, 6.07) is 2.16. The average Bonchev–Trinajstić information content (AvgIpc) is 2.97. The van der Waals surface area contributed by atoms with E-state index in [4.69, 9.17) is 5.73 Å². The van der Waals surface area contributed by atoms with Gasteiger partial charge in [-0.1, -0.05) is 0 Å². The molecule has 3 rings (SSSR count). The largest absolute Gasteiger partial charge is 0.320 e. The van der Waals surface area contributed by atoms with Crippen molar-refractivity contribution in [3.8, 4) is 0 Å². The summed E-state index contributed by atoms with van der Waals surface area (Å²) in [6.45, 7) is 0. The fraction of sp³-hybridized carbons (Fsp3) is 0.667. The Kier molecular flexibility index (Phi) is 1.06. The van der Waals surface area contributed by atoms with Crippen LogP contribution in [0.3, 0.4) is 0 Å². The molecule has 3 nitrogen and oxygen atoms in total. The molecule has 0 atom stereocenters. The monoisotopic (exact) mass is 163 g/mol. The lowest BCUT2D eigenvalue weighted by molar-refractivity contribution is 0.702. The first kappa shape index (κ1) is 6.66. The Morgan fingerprint density at radius 3 is 2.83 bits per heavy atom. The van der Waals surface area contributed by atoms with E-state index < -0.39 is 0 Å². The Bertz CT molecular complexity index is 307. The van der Waals surface area contributed by atoms with Gasteiger partial charge in [0.2, 0.25) is 0 Å². The molecule has 2 aliphatic rings. The summed E-state index contributed by atoms with van der Waals surface area (Å²) in [5.74, 6) is 0.758. The fourth-order valence-electron chi connectivity index (χ4n) is 1.59. The number of nitrogens with zero attached hydrogens (tertiary/aromatic N) is 1. The van der Waals surface area contributed by atoms with E-state index in [2.05, 4.69) is 16.3 Å². The molecule has 0 spiro atoms. The lowest BCUT2D eigenvalue weighted by Gasteiger charge is -2.00. The number of aromatic nitrogens is 2. The van der Waals surface area contributed by atoms with Crippen LogP contribution in [0.5, 0.6) is 0 Å². The van der Waals surface area contributed by atoms with Gasteiger partial charge in [0.1, 0.15) is 0 Å². The van der Waals surface area contributed by atoms with Gasteiger partial charge in [0, 0.05) is 11.6 Å². The highest BCUT2D eigenvalue weighted by atomic mass is 15.1. The van der Waals surface area contributed by atoms with Crippen molar-refractivity contribution in [3.05, 3.63) is 17.5 Å². The van der Waals surface area contributed by atoms with E-state index in [1.165, 1.54) is 18.5 Å². The number of rotatable bonds is 2. The zero-order chi connectivity index (χ0) is 8.18. The first-order valence-corrected chi connectivity index (χ1v) is 4.63. The maximum absolute atomic E-state index is 6.02. The molecule has 2 aliphatic carbocycles. The van der Waals surface area contributed by atoms with E-state index in [9.17, 15) is 0 Å². The van der Waals surface area contributed by atoms with Crippen LogP contribution in [0.2, 0.25) is 0 Å². The van der Waals surface area contributed by atoms with Gasteiger partial charge in [0.15, 0.2) is 0 Å². The molecule has 3 N–H and O–H groups in total. The molecule has 1 heterocycles.